The average molecular weight is 258 g/mol. The van der Waals surface area contributed by atoms with Crippen molar-refractivity contribution in [1.82, 2.24) is 4.90 Å². The summed E-state index contributed by atoms with van der Waals surface area (Å²) in [6, 6.07) is 12.4. The molecule has 2 heteroatoms. The zero-order valence-electron chi connectivity index (χ0n) is 11.8. The molecule has 1 aromatic rings. The molecular formula is C17H26N2. The number of rotatable bonds is 3. The lowest BCUT2D eigenvalue weighted by Crippen LogP contribution is -2.44. The molecule has 3 atom stereocenters. The molecule has 0 amide bonds. The van der Waals surface area contributed by atoms with Crippen molar-refractivity contribution in [1.29, 1.82) is 0 Å². The first-order valence-electron chi connectivity index (χ1n) is 7.91. The van der Waals surface area contributed by atoms with Gasteiger partial charge in [0.2, 0.25) is 0 Å². The molecule has 2 N–H and O–H groups in total. The van der Waals surface area contributed by atoms with E-state index in [-0.39, 0.29) is 0 Å². The Morgan fingerprint density at radius 2 is 1.79 bits per heavy atom. The summed E-state index contributed by atoms with van der Waals surface area (Å²) >= 11 is 0. The summed E-state index contributed by atoms with van der Waals surface area (Å²) in [5.74, 6) is 0.720. The van der Waals surface area contributed by atoms with E-state index < -0.39 is 0 Å². The van der Waals surface area contributed by atoms with Gasteiger partial charge in [0.25, 0.3) is 0 Å². The summed E-state index contributed by atoms with van der Waals surface area (Å²) in [6.07, 6.45) is 8.11. The summed E-state index contributed by atoms with van der Waals surface area (Å²) in [7, 11) is 0. The average Bonchev–Trinajstić information content (AvgIpc) is 2.97. The first-order valence-corrected chi connectivity index (χ1v) is 7.91. The van der Waals surface area contributed by atoms with Crippen LogP contribution in [0.1, 0.15) is 50.1 Å². The second-order valence-electron chi connectivity index (χ2n) is 6.15. The zero-order chi connectivity index (χ0) is 13.1. The van der Waals surface area contributed by atoms with Crippen molar-refractivity contribution in [3.8, 4) is 0 Å². The van der Waals surface area contributed by atoms with E-state index in [4.69, 9.17) is 5.73 Å². The molecule has 2 fully saturated rings. The zero-order valence-corrected chi connectivity index (χ0v) is 11.8. The van der Waals surface area contributed by atoms with Gasteiger partial charge in [-0.15, -0.1) is 0 Å². The van der Waals surface area contributed by atoms with Crippen LogP contribution in [0.2, 0.25) is 0 Å². The maximum Gasteiger partial charge on any atom is 0.0351 e. The SMILES string of the molecule is NCC1CCCCC1N1CCCC1c1ccccc1. The van der Waals surface area contributed by atoms with Crippen LogP contribution in [0, 0.1) is 5.92 Å². The molecule has 2 aliphatic rings. The molecule has 0 spiro atoms. The van der Waals surface area contributed by atoms with E-state index in [9.17, 15) is 0 Å². The molecule has 1 heterocycles. The Morgan fingerprint density at radius 3 is 2.58 bits per heavy atom. The lowest BCUT2D eigenvalue weighted by atomic mass is 9.83. The fraction of sp³-hybridized carbons (Fsp3) is 0.647. The Kier molecular flexibility index (Phi) is 4.19. The Hall–Kier alpha value is -0.860. The van der Waals surface area contributed by atoms with Gasteiger partial charge in [-0.3, -0.25) is 4.90 Å². The third kappa shape index (κ3) is 2.70. The predicted molar refractivity (Wildman–Crippen MR) is 79.9 cm³/mol. The molecule has 1 saturated heterocycles. The molecule has 0 bridgehead atoms. The second kappa shape index (κ2) is 6.06. The van der Waals surface area contributed by atoms with Gasteiger partial charge in [-0.25, -0.2) is 0 Å². The Labute approximate surface area is 117 Å². The predicted octanol–water partition coefficient (Wildman–Crippen LogP) is 3.34. The van der Waals surface area contributed by atoms with E-state index >= 15 is 0 Å². The van der Waals surface area contributed by atoms with Crippen LogP contribution in [0.25, 0.3) is 0 Å². The van der Waals surface area contributed by atoms with Gasteiger partial charge in [-0.1, -0.05) is 43.2 Å². The Balaban J connectivity index is 1.79. The maximum absolute atomic E-state index is 6.02. The highest BCUT2D eigenvalue weighted by molar-refractivity contribution is 5.20. The van der Waals surface area contributed by atoms with E-state index in [1.54, 1.807) is 0 Å². The van der Waals surface area contributed by atoms with Crippen LogP contribution in [-0.2, 0) is 0 Å². The lowest BCUT2D eigenvalue weighted by molar-refractivity contribution is 0.0950. The molecular weight excluding hydrogens is 232 g/mol. The third-order valence-electron chi connectivity index (χ3n) is 5.08. The highest BCUT2D eigenvalue weighted by Crippen LogP contribution is 2.39. The van der Waals surface area contributed by atoms with Crippen LogP contribution in [0.15, 0.2) is 30.3 Å². The van der Waals surface area contributed by atoms with Gasteiger partial charge >= 0.3 is 0 Å². The molecule has 1 aromatic carbocycles. The number of likely N-dealkylation sites (tertiary alicyclic amines) is 1. The second-order valence-corrected chi connectivity index (χ2v) is 6.15. The standard InChI is InChI=1S/C17H26N2/c18-13-15-9-4-5-10-17(15)19-12-6-11-16(19)14-7-2-1-3-8-14/h1-3,7-8,15-17H,4-6,9-13,18H2. The molecule has 2 nitrogen and oxygen atoms in total. The smallest absolute Gasteiger partial charge is 0.0351 e. The maximum atomic E-state index is 6.02. The highest BCUT2D eigenvalue weighted by Gasteiger charge is 2.36. The minimum Gasteiger partial charge on any atom is -0.330 e. The van der Waals surface area contributed by atoms with Crippen molar-refractivity contribution >= 4 is 0 Å². The van der Waals surface area contributed by atoms with Gasteiger partial charge in [-0.05, 0) is 50.3 Å². The minimum absolute atomic E-state index is 0.637. The van der Waals surface area contributed by atoms with E-state index in [1.807, 2.05) is 0 Å². The first-order chi connectivity index (χ1) is 9.40. The molecule has 104 valence electrons. The number of hydrogen-bond donors (Lipinski definition) is 1. The fourth-order valence-corrected chi connectivity index (χ4v) is 4.12. The van der Waals surface area contributed by atoms with Gasteiger partial charge in [0.05, 0.1) is 0 Å². The van der Waals surface area contributed by atoms with Crippen molar-refractivity contribution in [2.45, 2.75) is 50.6 Å². The topological polar surface area (TPSA) is 29.3 Å². The number of benzene rings is 1. The van der Waals surface area contributed by atoms with Crippen LogP contribution < -0.4 is 5.73 Å². The van der Waals surface area contributed by atoms with Crippen molar-refractivity contribution in [2.24, 2.45) is 11.7 Å². The van der Waals surface area contributed by atoms with Gasteiger partial charge < -0.3 is 5.73 Å². The monoisotopic (exact) mass is 258 g/mol. The number of nitrogens with zero attached hydrogens (tertiary/aromatic N) is 1. The largest absolute Gasteiger partial charge is 0.330 e. The van der Waals surface area contributed by atoms with Gasteiger partial charge in [0, 0.05) is 12.1 Å². The third-order valence-corrected chi connectivity index (χ3v) is 5.08. The normalized spacial score (nSPS) is 32.6. The number of nitrogens with two attached hydrogens (primary N) is 1. The van der Waals surface area contributed by atoms with Crippen LogP contribution in [0.3, 0.4) is 0 Å². The molecule has 3 unspecified atom stereocenters. The summed E-state index contributed by atoms with van der Waals surface area (Å²) in [6.45, 7) is 2.13. The highest BCUT2D eigenvalue weighted by atomic mass is 15.2. The van der Waals surface area contributed by atoms with Crippen LogP contribution >= 0.6 is 0 Å². The van der Waals surface area contributed by atoms with Gasteiger partial charge in [0.1, 0.15) is 0 Å². The van der Waals surface area contributed by atoms with Crippen molar-refractivity contribution in [3.63, 3.8) is 0 Å². The Morgan fingerprint density at radius 1 is 1.00 bits per heavy atom. The molecule has 0 radical (unpaired) electrons. The number of hydrogen-bond acceptors (Lipinski definition) is 2. The molecule has 1 aliphatic carbocycles. The lowest BCUT2D eigenvalue weighted by Gasteiger charge is -2.40. The fourth-order valence-electron chi connectivity index (χ4n) is 4.12. The molecule has 1 saturated carbocycles. The van der Waals surface area contributed by atoms with Crippen LogP contribution in [0.5, 0.6) is 0 Å². The Bertz CT molecular complexity index is 390. The van der Waals surface area contributed by atoms with Crippen molar-refractivity contribution in [3.05, 3.63) is 35.9 Å². The van der Waals surface area contributed by atoms with Crippen molar-refractivity contribution in [2.75, 3.05) is 13.1 Å². The quantitative estimate of drug-likeness (QED) is 0.901. The summed E-state index contributed by atoms with van der Waals surface area (Å²) in [5, 5.41) is 0. The van der Waals surface area contributed by atoms with E-state index in [0.717, 1.165) is 18.5 Å². The van der Waals surface area contributed by atoms with E-state index in [0.29, 0.717) is 6.04 Å². The molecule has 0 aromatic heterocycles. The van der Waals surface area contributed by atoms with E-state index in [2.05, 4.69) is 35.2 Å². The summed E-state index contributed by atoms with van der Waals surface area (Å²) in [4.78, 5) is 2.77. The van der Waals surface area contributed by atoms with Gasteiger partial charge in [-0.2, -0.15) is 0 Å². The summed E-state index contributed by atoms with van der Waals surface area (Å²) < 4.78 is 0. The summed E-state index contributed by atoms with van der Waals surface area (Å²) in [5.41, 5.74) is 7.52. The van der Waals surface area contributed by atoms with Crippen molar-refractivity contribution < 1.29 is 0 Å². The molecule has 1 aliphatic heterocycles. The minimum atomic E-state index is 0.637. The first kappa shape index (κ1) is 13.1. The molecule has 19 heavy (non-hydrogen) atoms. The van der Waals surface area contributed by atoms with Gasteiger partial charge in [0.15, 0.2) is 0 Å². The van der Waals surface area contributed by atoms with E-state index in [1.165, 1.54) is 50.6 Å². The van der Waals surface area contributed by atoms with Crippen LogP contribution in [0.4, 0.5) is 0 Å². The molecule has 3 rings (SSSR count). The van der Waals surface area contributed by atoms with Crippen LogP contribution in [-0.4, -0.2) is 24.0 Å².